The Morgan fingerprint density at radius 1 is 1.12 bits per heavy atom. The molecule has 0 aromatic heterocycles. The van der Waals surface area contributed by atoms with Crippen LogP contribution in [0.3, 0.4) is 0 Å². The van der Waals surface area contributed by atoms with Gasteiger partial charge in [0.05, 0.1) is 0 Å². The standard InChI is InChI=1S/C12H15F3O/c1-8(2)10-5-3-9(4-6-10)7-11(16)12(13,14)15/h3-6,8,11,16H,7H2,1-2H3/t11-/m1/s1. The monoisotopic (exact) mass is 232 g/mol. The summed E-state index contributed by atoms with van der Waals surface area (Å²) in [5.41, 5.74) is 1.57. The highest BCUT2D eigenvalue weighted by molar-refractivity contribution is 5.25. The molecule has 0 aliphatic rings. The maximum absolute atomic E-state index is 12.1. The third-order valence-electron chi connectivity index (χ3n) is 2.45. The minimum Gasteiger partial charge on any atom is -0.383 e. The predicted molar refractivity (Wildman–Crippen MR) is 56.3 cm³/mol. The molecule has 0 aliphatic carbocycles. The van der Waals surface area contributed by atoms with Gasteiger partial charge in [-0.1, -0.05) is 38.1 Å². The first-order chi connectivity index (χ1) is 7.30. The molecule has 1 rings (SSSR count). The van der Waals surface area contributed by atoms with E-state index in [1.807, 2.05) is 13.8 Å². The molecule has 1 aromatic rings. The molecule has 90 valence electrons. The van der Waals surface area contributed by atoms with Crippen molar-refractivity contribution in [2.75, 3.05) is 0 Å². The van der Waals surface area contributed by atoms with E-state index in [1.165, 1.54) is 0 Å². The van der Waals surface area contributed by atoms with Gasteiger partial charge in [-0.25, -0.2) is 0 Å². The summed E-state index contributed by atoms with van der Waals surface area (Å²) in [5.74, 6) is 0.349. The van der Waals surface area contributed by atoms with Gasteiger partial charge in [0.25, 0.3) is 0 Å². The molecule has 0 heterocycles. The molecular weight excluding hydrogens is 217 g/mol. The highest BCUT2D eigenvalue weighted by Crippen LogP contribution is 2.23. The van der Waals surface area contributed by atoms with Crippen LogP contribution in [-0.4, -0.2) is 17.4 Å². The average molecular weight is 232 g/mol. The first kappa shape index (κ1) is 13.0. The summed E-state index contributed by atoms with van der Waals surface area (Å²) >= 11 is 0. The lowest BCUT2D eigenvalue weighted by molar-refractivity contribution is -0.203. The smallest absolute Gasteiger partial charge is 0.383 e. The summed E-state index contributed by atoms with van der Waals surface area (Å²) < 4.78 is 36.3. The van der Waals surface area contributed by atoms with Gasteiger partial charge in [-0.3, -0.25) is 0 Å². The third kappa shape index (κ3) is 3.52. The van der Waals surface area contributed by atoms with Crippen LogP contribution in [0.5, 0.6) is 0 Å². The Morgan fingerprint density at radius 2 is 1.62 bits per heavy atom. The first-order valence-electron chi connectivity index (χ1n) is 5.14. The van der Waals surface area contributed by atoms with Crippen LogP contribution >= 0.6 is 0 Å². The van der Waals surface area contributed by atoms with Gasteiger partial charge in [0.1, 0.15) is 0 Å². The molecule has 16 heavy (non-hydrogen) atoms. The molecule has 0 unspecified atom stereocenters. The second-order valence-corrected chi connectivity index (χ2v) is 4.16. The Kier molecular flexibility index (Phi) is 3.97. The maximum Gasteiger partial charge on any atom is 0.414 e. The van der Waals surface area contributed by atoms with Crippen LogP contribution in [0.1, 0.15) is 30.9 Å². The van der Waals surface area contributed by atoms with Crippen LogP contribution in [0.15, 0.2) is 24.3 Å². The number of benzene rings is 1. The Labute approximate surface area is 92.9 Å². The van der Waals surface area contributed by atoms with E-state index in [4.69, 9.17) is 5.11 Å². The topological polar surface area (TPSA) is 20.2 Å². The Bertz CT molecular complexity index is 327. The summed E-state index contributed by atoms with van der Waals surface area (Å²) in [4.78, 5) is 0. The second kappa shape index (κ2) is 4.87. The SMILES string of the molecule is CC(C)c1ccc(C[C@@H](O)C(F)(F)F)cc1. The van der Waals surface area contributed by atoms with Gasteiger partial charge in [0.2, 0.25) is 0 Å². The highest BCUT2D eigenvalue weighted by Gasteiger charge is 2.37. The van der Waals surface area contributed by atoms with Crippen molar-refractivity contribution in [3.8, 4) is 0 Å². The Morgan fingerprint density at radius 3 is 2.00 bits per heavy atom. The zero-order valence-corrected chi connectivity index (χ0v) is 9.25. The summed E-state index contributed by atoms with van der Waals surface area (Å²) in [5, 5.41) is 8.89. The van der Waals surface area contributed by atoms with Crippen molar-refractivity contribution < 1.29 is 18.3 Å². The summed E-state index contributed by atoms with van der Waals surface area (Å²) in [7, 11) is 0. The van der Waals surface area contributed by atoms with Crippen LogP contribution in [0.25, 0.3) is 0 Å². The number of hydrogen-bond acceptors (Lipinski definition) is 1. The number of hydrogen-bond donors (Lipinski definition) is 1. The molecule has 1 aromatic carbocycles. The molecule has 1 nitrogen and oxygen atoms in total. The lowest BCUT2D eigenvalue weighted by Gasteiger charge is -2.14. The van der Waals surface area contributed by atoms with Crippen molar-refractivity contribution in [3.05, 3.63) is 35.4 Å². The maximum atomic E-state index is 12.1. The molecule has 4 heteroatoms. The van der Waals surface area contributed by atoms with E-state index in [0.717, 1.165) is 5.56 Å². The normalized spacial score (nSPS) is 14.2. The molecule has 0 saturated carbocycles. The minimum atomic E-state index is -4.54. The van der Waals surface area contributed by atoms with Gasteiger partial charge >= 0.3 is 6.18 Å². The van der Waals surface area contributed by atoms with Gasteiger partial charge in [-0.2, -0.15) is 13.2 Å². The second-order valence-electron chi connectivity index (χ2n) is 4.16. The molecule has 0 aliphatic heterocycles. The van der Waals surface area contributed by atoms with Gasteiger partial charge < -0.3 is 5.11 Å². The van der Waals surface area contributed by atoms with Gasteiger partial charge in [-0.05, 0) is 17.0 Å². The molecule has 0 bridgehead atoms. The average Bonchev–Trinajstić information content (AvgIpc) is 2.17. The molecule has 0 spiro atoms. The number of aliphatic hydroxyl groups excluding tert-OH is 1. The van der Waals surface area contributed by atoms with E-state index in [-0.39, 0.29) is 6.42 Å². The summed E-state index contributed by atoms with van der Waals surface area (Å²) in [6, 6.07) is 6.85. The molecule has 1 N–H and O–H groups in total. The van der Waals surface area contributed by atoms with Crippen LogP contribution in [0.2, 0.25) is 0 Å². The van der Waals surface area contributed by atoms with E-state index in [0.29, 0.717) is 11.5 Å². The highest BCUT2D eigenvalue weighted by atomic mass is 19.4. The molecule has 0 amide bonds. The molecule has 0 radical (unpaired) electrons. The van der Waals surface area contributed by atoms with E-state index in [9.17, 15) is 13.2 Å². The van der Waals surface area contributed by atoms with Gasteiger partial charge in [-0.15, -0.1) is 0 Å². The number of alkyl halides is 3. The fourth-order valence-corrected chi connectivity index (χ4v) is 1.38. The van der Waals surface area contributed by atoms with Crippen molar-refractivity contribution in [2.24, 2.45) is 0 Å². The summed E-state index contributed by atoms with van der Waals surface area (Å²) in [6.45, 7) is 4.03. The van der Waals surface area contributed by atoms with E-state index < -0.39 is 12.3 Å². The molecule has 1 atom stereocenters. The number of aliphatic hydroxyl groups is 1. The van der Waals surface area contributed by atoms with E-state index in [2.05, 4.69) is 0 Å². The minimum absolute atomic E-state index is 0.349. The Hall–Kier alpha value is -1.03. The van der Waals surface area contributed by atoms with Crippen molar-refractivity contribution >= 4 is 0 Å². The van der Waals surface area contributed by atoms with Crippen LogP contribution < -0.4 is 0 Å². The van der Waals surface area contributed by atoms with Crippen molar-refractivity contribution in [1.82, 2.24) is 0 Å². The molecule has 0 fully saturated rings. The quantitative estimate of drug-likeness (QED) is 0.848. The molecular formula is C12H15F3O. The van der Waals surface area contributed by atoms with Crippen LogP contribution in [0.4, 0.5) is 13.2 Å². The predicted octanol–water partition coefficient (Wildman–Crippen LogP) is 3.28. The van der Waals surface area contributed by atoms with Crippen molar-refractivity contribution in [2.45, 2.75) is 38.5 Å². The fourth-order valence-electron chi connectivity index (χ4n) is 1.38. The van der Waals surface area contributed by atoms with Crippen LogP contribution in [0, 0.1) is 0 Å². The van der Waals surface area contributed by atoms with Gasteiger partial charge in [0, 0.05) is 6.42 Å². The zero-order valence-electron chi connectivity index (χ0n) is 9.25. The lowest BCUT2D eigenvalue weighted by Crippen LogP contribution is -2.30. The third-order valence-corrected chi connectivity index (χ3v) is 2.45. The van der Waals surface area contributed by atoms with Crippen molar-refractivity contribution in [3.63, 3.8) is 0 Å². The zero-order chi connectivity index (χ0) is 12.3. The first-order valence-corrected chi connectivity index (χ1v) is 5.14. The molecule has 0 saturated heterocycles. The van der Waals surface area contributed by atoms with Crippen molar-refractivity contribution in [1.29, 1.82) is 0 Å². The van der Waals surface area contributed by atoms with Gasteiger partial charge in [0.15, 0.2) is 6.10 Å². The Balaban J connectivity index is 2.69. The van der Waals surface area contributed by atoms with E-state index >= 15 is 0 Å². The fraction of sp³-hybridized carbons (Fsp3) is 0.500. The number of halogens is 3. The summed E-state index contributed by atoms with van der Waals surface area (Å²) in [6.07, 6.45) is -7.21. The van der Waals surface area contributed by atoms with Crippen LogP contribution in [-0.2, 0) is 6.42 Å². The largest absolute Gasteiger partial charge is 0.414 e. The van der Waals surface area contributed by atoms with E-state index in [1.54, 1.807) is 24.3 Å². The number of rotatable bonds is 3. The lowest BCUT2D eigenvalue weighted by atomic mass is 10.00.